The van der Waals surface area contributed by atoms with Gasteiger partial charge in [-0.1, -0.05) is 12.1 Å². The molecule has 1 heterocycles. The second-order valence-electron chi connectivity index (χ2n) is 5.32. The van der Waals surface area contributed by atoms with E-state index < -0.39 is 29.3 Å². The number of rotatable bonds is 5. The molecule has 0 saturated heterocycles. The van der Waals surface area contributed by atoms with Crippen molar-refractivity contribution in [1.82, 2.24) is 0 Å². The Hall–Kier alpha value is -2.58. The van der Waals surface area contributed by atoms with Gasteiger partial charge in [-0.05, 0) is 29.8 Å². The molecule has 8 heteroatoms. The number of anilines is 1. The first-order chi connectivity index (χ1) is 12.4. The molecule has 0 saturated carbocycles. The molecule has 0 aromatic heterocycles. The van der Waals surface area contributed by atoms with Gasteiger partial charge in [0.25, 0.3) is 11.8 Å². The van der Waals surface area contributed by atoms with Crippen molar-refractivity contribution >= 4 is 34.8 Å². The maximum Gasteiger partial charge on any atom is 0.272 e. The maximum atomic E-state index is 14.1. The minimum atomic E-state index is -1.06. The van der Waals surface area contributed by atoms with Crippen LogP contribution in [0, 0.1) is 17.5 Å². The van der Waals surface area contributed by atoms with E-state index in [-0.39, 0.29) is 34.1 Å². The molecule has 0 radical (unpaired) electrons. The van der Waals surface area contributed by atoms with Crippen LogP contribution in [0.2, 0.25) is 0 Å². The molecule has 2 aromatic rings. The quantitative estimate of drug-likeness (QED) is 0.811. The molecular formula is C18H12F3NO3S. The number of benzene rings is 2. The van der Waals surface area contributed by atoms with Crippen LogP contribution in [0.5, 0.6) is 0 Å². The lowest BCUT2D eigenvalue weighted by Gasteiger charge is -2.16. The van der Waals surface area contributed by atoms with Crippen LogP contribution in [-0.2, 0) is 9.59 Å². The maximum absolute atomic E-state index is 14.1. The van der Waals surface area contributed by atoms with Gasteiger partial charge in [-0.2, -0.15) is 0 Å². The van der Waals surface area contributed by atoms with Crippen LogP contribution in [-0.4, -0.2) is 29.3 Å². The summed E-state index contributed by atoms with van der Waals surface area (Å²) < 4.78 is 40.4. The molecule has 0 unspecified atom stereocenters. The van der Waals surface area contributed by atoms with Gasteiger partial charge in [0.2, 0.25) is 0 Å². The van der Waals surface area contributed by atoms with E-state index in [0.29, 0.717) is 11.0 Å². The highest BCUT2D eigenvalue weighted by atomic mass is 32.2. The number of halogens is 3. The number of thioether (sulfide) groups is 1. The van der Waals surface area contributed by atoms with Crippen molar-refractivity contribution in [2.75, 3.05) is 17.3 Å². The van der Waals surface area contributed by atoms with Crippen LogP contribution >= 0.6 is 11.8 Å². The molecule has 0 bridgehead atoms. The Morgan fingerprint density at radius 3 is 2.19 bits per heavy atom. The Labute approximate surface area is 150 Å². The Morgan fingerprint density at radius 1 is 0.923 bits per heavy atom. The van der Waals surface area contributed by atoms with E-state index in [1.165, 1.54) is 12.1 Å². The van der Waals surface area contributed by atoms with E-state index >= 15 is 0 Å². The second kappa shape index (κ2) is 7.35. The predicted octanol–water partition coefficient (Wildman–Crippen LogP) is 3.11. The average Bonchev–Trinajstić information content (AvgIpc) is 2.85. The molecule has 2 amide bonds. The van der Waals surface area contributed by atoms with Crippen molar-refractivity contribution in [2.24, 2.45) is 0 Å². The molecule has 2 aromatic carbocycles. The number of carbonyl (C=O) groups excluding carboxylic acids is 2. The summed E-state index contributed by atoms with van der Waals surface area (Å²) >= 11 is 0.938. The van der Waals surface area contributed by atoms with Crippen molar-refractivity contribution < 1.29 is 27.9 Å². The van der Waals surface area contributed by atoms with Crippen LogP contribution in [0.1, 0.15) is 5.56 Å². The zero-order valence-corrected chi connectivity index (χ0v) is 14.0. The van der Waals surface area contributed by atoms with Gasteiger partial charge < -0.3 is 5.11 Å². The monoisotopic (exact) mass is 379 g/mol. The van der Waals surface area contributed by atoms with Crippen LogP contribution in [0.25, 0.3) is 5.57 Å². The zero-order valence-electron chi connectivity index (χ0n) is 13.2. The number of aliphatic hydroxyl groups excluding tert-OH is 1. The van der Waals surface area contributed by atoms with Crippen molar-refractivity contribution in [3.63, 3.8) is 0 Å². The fraction of sp³-hybridized carbons (Fsp3) is 0.111. The van der Waals surface area contributed by atoms with Crippen molar-refractivity contribution in [3.05, 3.63) is 70.4 Å². The molecule has 0 atom stereocenters. The normalized spacial score (nSPS) is 14.5. The van der Waals surface area contributed by atoms with Crippen LogP contribution < -0.4 is 4.90 Å². The highest BCUT2D eigenvalue weighted by molar-refractivity contribution is 8.04. The lowest BCUT2D eigenvalue weighted by atomic mass is 10.1. The predicted molar refractivity (Wildman–Crippen MR) is 91.7 cm³/mol. The third-order valence-electron chi connectivity index (χ3n) is 3.66. The lowest BCUT2D eigenvalue weighted by molar-refractivity contribution is -0.119. The number of carbonyl (C=O) groups is 2. The van der Waals surface area contributed by atoms with Crippen molar-refractivity contribution in [2.45, 2.75) is 0 Å². The van der Waals surface area contributed by atoms with Gasteiger partial charge in [-0.15, -0.1) is 11.8 Å². The standard InChI is InChI=1S/C18H12F3NO3S/c19-11-3-1-10(2-4-11)15-16(26-8-7-23)18(25)22(17(15)24)14-6-5-12(20)9-13(14)21/h1-6,9,23H,7-8H2. The van der Waals surface area contributed by atoms with Crippen LogP contribution in [0.3, 0.4) is 0 Å². The largest absolute Gasteiger partial charge is 0.396 e. The molecule has 3 rings (SSSR count). The topological polar surface area (TPSA) is 57.6 Å². The van der Waals surface area contributed by atoms with Crippen LogP contribution in [0.15, 0.2) is 47.4 Å². The molecule has 0 spiro atoms. The zero-order chi connectivity index (χ0) is 18.8. The van der Waals surface area contributed by atoms with E-state index in [9.17, 15) is 22.8 Å². The fourth-order valence-corrected chi connectivity index (χ4v) is 3.40. The minimum Gasteiger partial charge on any atom is -0.396 e. The SMILES string of the molecule is O=C1C(SCCO)=C(c2ccc(F)cc2)C(=O)N1c1ccc(F)cc1F. The number of amides is 2. The highest BCUT2D eigenvalue weighted by Crippen LogP contribution is 2.39. The summed E-state index contributed by atoms with van der Waals surface area (Å²) in [5, 5.41) is 9.03. The summed E-state index contributed by atoms with van der Waals surface area (Å²) in [6.07, 6.45) is 0. The van der Waals surface area contributed by atoms with E-state index in [1.807, 2.05) is 0 Å². The van der Waals surface area contributed by atoms with Crippen molar-refractivity contribution in [1.29, 1.82) is 0 Å². The first-order valence-corrected chi connectivity index (χ1v) is 8.50. The number of aliphatic hydroxyl groups is 1. The molecular weight excluding hydrogens is 367 g/mol. The fourth-order valence-electron chi connectivity index (χ4n) is 2.54. The summed E-state index contributed by atoms with van der Waals surface area (Å²) in [5.41, 5.74) is -0.104. The summed E-state index contributed by atoms with van der Waals surface area (Å²) in [5.74, 6) is -3.85. The third-order valence-corrected chi connectivity index (χ3v) is 4.72. The number of imide groups is 1. The first kappa shape index (κ1) is 18.2. The molecule has 1 aliphatic rings. The Kier molecular flexibility index (Phi) is 5.15. The molecule has 0 aliphatic carbocycles. The molecule has 1 aliphatic heterocycles. The number of hydrogen-bond acceptors (Lipinski definition) is 4. The molecule has 0 fully saturated rings. The summed E-state index contributed by atoms with van der Waals surface area (Å²) in [6.45, 7) is -0.239. The minimum absolute atomic E-state index is 0.0133. The molecule has 134 valence electrons. The van der Waals surface area contributed by atoms with Gasteiger partial charge in [0.05, 0.1) is 22.8 Å². The van der Waals surface area contributed by atoms with Gasteiger partial charge in [0, 0.05) is 11.8 Å². The first-order valence-electron chi connectivity index (χ1n) is 7.51. The third kappa shape index (κ3) is 3.25. The smallest absolute Gasteiger partial charge is 0.272 e. The van der Waals surface area contributed by atoms with Gasteiger partial charge >= 0.3 is 0 Å². The molecule has 4 nitrogen and oxygen atoms in total. The second-order valence-corrected chi connectivity index (χ2v) is 6.43. The van der Waals surface area contributed by atoms with E-state index in [0.717, 1.165) is 36.0 Å². The van der Waals surface area contributed by atoms with E-state index in [1.54, 1.807) is 0 Å². The Bertz CT molecular complexity index is 912. The number of hydrogen-bond donors (Lipinski definition) is 1. The van der Waals surface area contributed by atoms with Crippen LogP contribution in [0.4, 0.5) is 18.9 Å². The van der Waals surface area contributed by atoms with Gasteiger partial charge in [0.1, 0.15) is 17.5 Å². The van der Waals surface area contributed by atoms with E-state index in [4.69, 9.17) is 5.11 Å². The van der Waals surface area contributed by atoms with Gasteiger partial charge in [-0.3, -0.25) is 9.59 Å². The average molecular weight is 379 g/mol. The van der Waals surface area contributed by atoms with E-state index in [2.05, 4.69) is 0 Å². The Morgan fingerprint density at radius 2 is 1.58 bits per heavy atom. The highest BCUT2D eigenvalue weighted by Gasteiger charge is 2.41. The van der Waals surface area contributed by atoms with Gasteiger partial charge in [0.15, 0.2) is 0 Å². The summed E-state index contributed by atoms with van der Waals surface area (Å²) in [6, 6.07) is 7.45. The Balaban J connectivity index is 2.09. The van der Waals surface area contributed by atoms with Crippen molar-refractivity contribution in [3.8, 4) is 0 Å². The summed E-state index contributed by atoms with van der Waals surface area (Å²) in [4.78, 5) is 26.2. The molecule has 1 N–H and O–H groups in total. The summed E-state index contributed by atoms with van der Waals surface area (Å²) in [7, 11) is 0. The van der Waals surface area contributed by atoms with Gasteiger partial charge in [-0.25, -0.2) is 18.1 Å². The number of nitrogens with zero attached hydrogens (tertiary/aromatic N) is 1. The molecule has 26 heavy (non-hydrogen) atoms. The lowest BCUT2D eigenvalue weighted by Crippen LogP contribution is -2.32.